The van der Waals surface area contributed by atoms with Gasteiger partial charge in [0.05, 0.1) is 39.9 Å². The van der Waals surface area contributed by atoms with Crippen molar-refractivity contribution in [1.82, 2.24) is 0 Å². The third-order valence-electron chi connectivity index (χ3n) is 4.24. The molecule has 0 saturated carbocycles. The second-order valence-corrected chi connectivity index (χ2v) is 8.90. The maximum absolute atomic E-state index is 12.9. The molecule has 0 atom stereocenters. The number of nitro groups is 1. The van der Waals surface area contributed by atoms with Crippen LogP contribution in [0.25, 0.3) is 0 Å². The summed E-state index contributed by atoms with van der Waals surface area (Å²) in [6.07, 6.45) is 0. The molecule has 32 heavy (non-hydrogen) atoms. The minimum absolute atomic E-state index is 0.0253. The number of carbonyl (C=O) groups excluding carboxylic acids is 1. The lowest BCUT2D eigenvalue weighted by molar-refractivity contribution is -0.384. The number of nitrogens with zero attached hydrogens (tertiary/aromatic N) is 1. The fourth-order valence-corrected chi connectivity index (χ4v) is 4.07. The number of hydrogen-bond donors (Lipinski definition) is 2. The van der Waals surface area contributed by atoms with Crippen LogP contribution in [0.15, 0.2) is 65.6 Å². The molecule has 0 fully saturated rings. The number of rotatable bonds is 7. The SMILES string of the molecule is COc1cc([N+](=O)[O-])ccc1NC(=O)c1cc(Cl)ccc1NS(=O)(=O)c1ccc(Cl)cc1. The van der Waals surface area contributed by atoms with Gasteiger partial charge < -0.3 is 10.1 Å². The fourth-order valence-electron chi connectivity index (χ4n) is 2.70. The monoisotopic (exact) mass is 495 g/mol. The summed E-state index contributed by atoms with van der Waals surface area (Å²) in [5.74, 6) is -0.661. The van der Waals surface area contributed by atoms with Crippen LogP contribution in [0.2, 0.25) is 10.0 Å². The van der Waals surface area contributed by atoms with Gasteiger partial charge in [-0.3, -0.25) is 19.6 Å². The molecule has 9 nitrogen and oxygen atoms in total. The molecule has 166 valence electrons. The van der Waals surface area contributed by atoms with Crippen LogP contribution >= 0.6 is 23.2 Å². The Morgan fingerprint density at radius 2 is 1.59 bits per heavy atom. The highest BCUT2D eigenvalue weighted by molar-refractivity contribution is 7.92. The Hall–Kier alpha value is -3.34. The Labute approximate surface area is 193 Å². The quantitative estimate of drug-likeness (QED) is 0.352. The number of sulfonamides is 1. The van der Waals surface area contributed by atoms with Crippen LogP contribution in [0.1, 0.15) is 10.4 Å². The molecule has 3 aromatic carbocycles. The number of benzene rings is 3. The molecular weight excluding hydrogens is 481 g/mol. The summed E-state index contributed by atoms with van der Waals surface area (Å²) in [6, 6.07) is 13.2. The van der Waals surface area contributed by atoms with Crippen molar-refractivity contribution in [3.63, 3.8) is 0 Å². The van der Waals surface area contributed by atoms with Crippen molar-refractivity contribution in [1.29, 1.82) is 0 Å². The highest BCUT2D eigenvalue weighted by Crippen LogP contribution is 2.31. The number of ether oxygens (including phenoxy) is 1. The number of anilines is 2. The van der Waals surface area contributed by atoms with Crippen LogP contribution < -0.4 is 14.8 Å². The first kappa shape index (κ1) is 23.3. The van der Waals surface area contributed by atoms with E-state index < -0.39 is 20.9 Å². The van der Waals surface area contributed by atoms with Crippen LogP contribution in [0, 0.1) is 10.1 Å². The Morgan fingerprint density at radius 1 is 0.969 bits per heavy atom. The topological polar surface area (TPSA) is 128 Å². The molecule has 0 unspecified atom stereocenters. The minimum Gasteiger partial charge on any atom is -0.494 e. The van der Waals surface area contributed by atoms with Gasteiger partial charge in [-0.1, -0.05) is 23.2 Å². The molecule has 3 rings (SSSR count). The molecule has 0 spiro atoms. The van der Waals surface area contributed by atoms with Gasteiger partial charge in [0.25, 0.3) is 21.6 Å². The molecule has 0 saturated heterocycles. The Bertz CT molecular complexity index is 1300. The van der Waals surface area contributed by atoms with Gasteiger partial charge in [0.1, 0.15) is 5.75 Å². The summed E-state index contributed by atoms with van der Waals surface area (Å²) in [4.78, 5) is 23.2. The first-order valence-corrected chi connectivity index (χ1v) is 11.1. The molecule has 12 heteroatoms. The van der Waals surface area contributed by atoms with Crippen molar-refractivity contribution in [2.75, 3.05) is 17.1 Å². The van der Waals surface area contributed by atoms with Crippen LogP contribution in [0.4, 0.5) is 17.1 Å². The number of halogens is 2. The maximum Gasteiger partial charge on any atom is 0.273 e. The second-order valence-electron chi connectivity index (χ2n) is 6.35. The van der Waals surface area contributed by atoms with Gasteiger partial charge in [-0.25, -0.2) is 8.42 Å². The van der Waals surface area contributed by atoms with Gasteiger partial charge in [-0.2, -0.15) is 0 Å². The Kier molecular flexibility index (Phi) is 6.87. The van der Waals surface area contributed by atoms with Gasteiger partial charge in [0, 0.05) is 16.1 Å². The zero-order valence-electron chi connectivity index (χ0n) is 16.3. The number of methoxy groups -OCH3 is 1. The summed E-state index contributed by atoms with van der Waals surface area (Å²) >= 11 is 11.8. The van der Waals surface area contributed by atoms with E-state index in [0.717, 1.165) is 6.07 Å². The lowest BCUT2D eigenvalue weighted by Gasteiger charge is -2.14. The largest absolute Gasteiger partial charge is 0.494 e. The van der Waals surface area contributed by atoms with Gasteiger partial charge in [0.2, 0.25) is 0 Å². The minimum atomic E-state index is -4.03. The van der Waals surface area contributed by atoms with E-state index in [4.69, 9.17) is 27.9 Å². The van der Waals surface area contributed by atoms with E-state index in [2.05, 4.69) is 10.0 Å². The molecule has 0 bridgehead atoms. The molecule has 0 aliphatic heterocycles. The van der Waals surface area contributed by atoms with Crippen molar-refractivity contribution < 1.29 is 22.9 Å². The summed E-state index contributed by atoms with van der Waals surface area (Å²) < 4.78 is 32.9. The highest BCUT2D eigenvalue weighted by Gasteiger charge is 2.21. The van der Waals surface area contributed by atoms with E-state index in [9.17, 15) is 23.3 Å². The molecule has 2 N–H and O–H groups in total. The predicted octanol–water partition coefficient (Wildman–Crippen LogP) is 4.96. The lowest BCUT2D eigenvalue weighted by atomic mass is 10.1. The average molecular weight is 496 g/mol. The Morgan fingerprint density at radius 3 is 2.22 bits per heavy atom. The number of hydrogen-bond acceptors (Lipinski definition) is 6. The van der Waals surface area contributed by atoms with Crippen molar-refractivity contribution in [3.05, 3.63) is 86.4 Å². The predicted molar refractivity (Wildman–Crippen MR) is 121 cm³/mol. The zero-order chi connectivity index (χ0) is 23.5. The molecule has 1 amide bonds. The van der Waals surface area contributed by atoms with Gasteiger partial charge >= 0.3 is 0 Å². The standard InChI is InChI=1S/C20H15Cl2N3O6S/c1-31-19-11-14(25(27)28)5-9-18(19)23-20(26)16-10-13(22)4-8-17(16)24-32(29,30)15-6-2-12(21)3-7-15/h2-11,24H,1H3,(H,23,26). The number of nitrogens with one attached hydrogen (secondary N) is 2. The van der Waals surface area contributed by atoms with Crippen LogP contribution in [-0.2, 0) is 10.0 Å². The molecule has 0 heterocycles. The normalized spacial score (nSPS) is 11.0. The Balaban J connectivity index is 1.93. The third kappa shape index (κ3) is 5.28. The smallest absolute Gasteiger partial charge is 0.273 e. The third-order valence-corrected chi connectivity index (χ3v) is 6.11. The van der Waals surface area contributed by atoms with Gasteiger partial charge in [-0.05, 0) is 48.5 Å². The molecule has 3 aromatic rings. The second kappa shape index (κ2) is 9.43. The maximum atomic E-state index is 12.9. The van der Waals surface area contributed by atoms with E-state index in [-0.39, 0.29) is 38.3 Å². The van der Waals surface area contributed by atoms with Crippen LogP contribution in [-0.4, -0.2) is 26.4 Å². The van der Waals surface area contributed by atoms with Crippen LogP contribution in [0.5, 0.6) is 5.75 Å². The zero-order valence-corrected chi connectivity index (χ0v) is 18.7. The molecule has 0 radical (unpaired) electrons. The number of nitro benzene ring substituents is 1. The summed E-state index contributed by atoms with van der Waals surface area (Å²) in [5.41, 5.74) is -0.174. The van der Waals surface area contributed by atoms with E-state index in [0.29, 0.717) is 5.02 Å². The molecular formula is C20H15Cl2N3O6S. The first-order valence-electron chi connectivity index (χ1n) is 8.82. The van der Waals surface area contributed by atoms with Crippen LogP contribution in [0.3, 0.4) is 0 Å². The van der Waals surface area contributed by atoms with Gasteiger partial charge in [-0.15, -0.1) is 0 Å². The van der Waals surface area contributed by atoms with Crippen molar-refractivity contribution in [3.8, 4) is 5.75 Å². The highest BCUT2D eigenvalue weighted by atomic mass is 35.5. The molecule has 0 aromatic heterocycles. The van der Waals surface area contributed by atoms with Crippen molar-refractivity contribution >= 4 is 56.2 Å². The number of non-ortho nitro benzene ring substituents is 1. The summed E-state index contributed by atoms with van der Waals surface area (Å²) in [5, 5.41) is 14.1. The first-order chi connectivity index (χ1) is 15.1. The van der Waals surface area contributed by atoms with Crippen molar-refractivity contribution in [2.24, 2.45) is 0 Å². The number of carbonyl (C=O) groups is 1. The van der Waals surface area contributed by atoms with Gasteiger partial charge in [0.15, 0.2) is 0 Å². The fraction of sp³-hybridized carbons (Fsp3) is 0.0500. The van der Waals surface area contributed by atoms with E-state index in [1.165, 1.54) is 61.7 Å². The summed E-state index contributed by atoms with van der Waals surface area (Å²) in [7, 11) is -2.74. The van der Waals surface area contributed by atoms with E-state index >= 15 is 0 Å². The van der Waals surface area contributed by atoms with E-state index in [1.54, 1.807) is 0 Å². The number of amides is 1. The molecule has 0 aliphatic rings. The summed E-state index contributed by atoms with van der Waals surface area (Å²) in [6.45, 7) is 0. The lowest BCUT2D eigenvalue weighted by Crippen LogP contribution is -2.19. The van der Waals surface area contributed by atoms with Crippen molar-refractivity contribution in [2.45, 2.75) is 4.90 Å². The average Bonchev–Trinajstić information content (AvgIpc) is 2.75. The molecule has 0 aliphatic carbocycles. The van der Waals surface area contributed by atoms with E-state index in [1.807, 2.05) is 0 Å².